The summed E-state index contributed by atoms with van der Waals surface area (Å²) >= 11 is 0. The Morgan fingerprint density at radius 2 is 1.95 bits per heavy atom. The third-order valence-corrected chi connectivity index (χ3v) is 6.16. The standard InChI is InChI=1S/C18H34N2O/c1-2-5-15-7-8-18(21)16(12-15)13-19-10-11-20-9-4-3-6-17(20)14-19/h15-18,21H,2-14H2,1H3. The van der Waals surface area contributed by atoms with Crippen LogP contribution in [0.4, 0.5) is 0 Å². The second-order valence-electron chi connectivity index (χ2n) is 7.74. The molecule has 3 fully saturated rings. The molecule has 4 unspecified atom stereocenters. The van der Waals surface area contributed by atoms with Crippen molar-refractivity contribution in [2.45, 2.75) is 70.4 Å². The van der Waals surface area contributed by atoms with Crippen LogP contribution in [0.25, 0.3) is 0 Å². The van der Waals surface area contributed by atoms with Crippen LogP contribution in [0.2, 0.25) is 0 Å². The van der Waals surface area contributed by atoms with E-state index in [1.807, 2.05) is 0 Å². The molecule has 0 aromatic heterocycles. The molecule has 21 heavy (non-hydrogen) atoms. The van der Waals surface area contributed by atoms with Crippen molar-refractivity contribution in [1.29, 1.82) is 0 Å². The maximum atomic E-state index is 10.4. The minimum absolute atomic E-state index is 0.0394. The highest BCUT2D eigenvalue weighted by molar-refractivity contribution is 4.88. The lowest BCUT2D eigenvalue weighted by Gasteiger charge is -2.46. The monoisotopic (exact) mass is 294 g/mol. The number of piperidine rings is 1. The van der Waals surface area contributed by atoms with Gasteiger partial charge in [0.15, 0.2) is 0 Å². The molecule has 2 aliphatic heterocycles. The molecule has 2 saturated heterocycles. The molecule has 1 N–H and O–H groups in total. The fourth-order valence-electron chi connectivity index (χ4n) is 4.93. The molecule has 0 bridgehead atoms. The first-order chi connectivity index (χ1) is 10.3. The van der Waals surface area contributed by atoms with Gasteiger partial charge in [-0.05, 0) is 50.5 Å². The summed E-state index contributed by atoms with van der Waals surface area (Å²) in [5.41, 5.74) is 0. The van der Waals surface area contributed by atoms with Gasteiger partial charge in [-0.15, -0.1) is 0 Å². The van der Waals surface area contributed by atoms with Crippen LogP contribution in [0, 0.1) is 11.8 Å². The van der Waals surface area contributed by atoms with Crippen molar-refractivity contribution in [3.05, 3.63) is 0 Å². The second-order valence-corrected chi connectivity index (χ2v) is 7.74. The van der Waals surface area contributed by atoms with Crippen molar-refractivity contribution in [3.8, 4) is 0 Å². The Morgan fingerprint density at radius 3 is 2.81 bits per heavy atom. The molecule has 1 aliphatic carbocycles. The number of aliphatic hydroxyl groups is 1. The number of nitrogens with zero attached hydrogens (tertiary/aromatic N) is 2. The lowest BCUT2D eigenvalue weighted by atomic mass is 9.77. The van der Waals surface area contributed by atoms with Crippen LogP contribution in [-0.4, -0.2) is 59.8 Å². The summed E-state index contributed by atoms with van der Waals surface area (Å²) in [6, 6.07) is 0.805. The Bertz CT molecular complexity index is 322. The normalized spacial score (nSPS) is 39.1. The SMILES string of the molecule is CCCC1CCC(O)C(CN2CCN3CCCCC3C2)C1. The van der Waals surface area contributed by atoms with Gasteiger partial charge in [0.1, 0.15) is 0 Å². The van der Waals surface area contributed by atoms with E-state index in [9.17, 15) is 5.11 Å². The maximum absolute atomic E-state index is 10.4. The van der Waals surface area contributed by atoms with Gasteiger partial charge in [-0.3, -0.25) is 4.90 Å². The number of fused-ring (bicyclic) bond motifs is 1. The molecule has 3 nitrogen and oxygen atoms in total. The van der Waals surface area contributed by atoms with E-state index in [1.54, 1.807) is 0 Å². The summed E-state index contributed by atoms with van der Waals surface area (Å²) in [6.07, 6.45) is 10.4. The van der Waals surface area contributed by atoms with Gasteiger partial charge in [0, 0.05) is 32.2 Å². The summed E-state index contributed by atoms with van der Waals surface area (Å²) in [5.74, 6) is 1.41. The van der Waals surface area contributed by atoms with Crippen molar-refractivity contribution in [2.24, 2.45) is 11.8 Å². The number of piperazine rings is 1. The van der Waals surface area contributed by atoms with Gasteiger partial charge in [-0.2, -0.15) is 0 Å². The first-order valence-corrected chi connectivity index (χ1v) is 9.40. The molecule has 122 valence electrons. The number of hydrogen-bond acceptors (Lipinski definition) is 3. The fourth-order valence-corrected chi connectivity index (χ4v) is 4.93. The Hall–Kier alpha value is -0.120. The molecule has 0 aromatic carbocycles. The molecule has 0 aromatic rings. The van der Waals surface area contributed by atoms with Crippen LogP contribution in [0.1, 0.15) is 58.3 Å². The third-order valence-electron chi connectivity index (χ3n) is 6.16. The minimum atomic E-state index is -0.0394. The lowest BCUT2D eigenvalue weighted by molar-refractivity contribution is -0.00318. The molecule has 0 amide bonds. The molecule has 3 heteroatoms. The van der Waals surface area contributed by atoms with Gasteiger partial charge in [-0.1, -0.05) is 26.2 Å². The van der Waals surface area contributed by atoms with E-state index in [2.05, 4.69) is 16.7 Å². The van der Waals surface area contributed by atoms with Crippen molar-refractivity contribution in [3.63, 3.8) is 0 Å². The second kappa shape index (κ2) is 7.43. The zero-order chi connectivity index (χ0) is 14.7. The van der Waals surface area contributed by atoms with E-state index < -0.39 is 0 Å². The van der Waals surface area contributed by atoms with E-state index >= 15 is 0 Å². The molecular formula is C18H34N2O. The summed E-state index contributed by atoms with van der Waals surface area (Å²) in [4.78, 5) is 5.37. The van der Waals surface area contributed by atoms with Gasteiger partial charge in [0.05, 0.1) is 6.10 Å². The van der Waals surface area contributed by atoms with Gasteiger partial charge >= 0.3 is 0 Å². The minimum Gasteiger partial charge on any atom is -0.393 e. The molecule has 3 aliphatic rings. The van der Waals surface area contributed by atoms with Crippen molar-refractivity contribution in [2.75, 3.05) is 32.7 Å². The average Bonchev–Trinajstić information content (AvgIpc) is 2.51. The number of rotatable bonds is 4. The van der Waals surface area contributed by atoms with Crippen molar-refractivity contribution < 1.29 is 5.11 Å². The van der Waals surface area contributed by atoms with Crippen molar-refractivity contribution >= 4 is 0 Å². The Balaban J connectivity index is 1.50. The summed E-state index contributed by atoms with van der Waals surface area (Å²) in [7, 11) is 0. The smallest absolute Gasteiger partial charge is 0.0580 e. The number of hydrogen-bond donors (Lipinski definition) is 1. The van der Waals surface area contributed by atoms with E-state index in [4.69, 9.17) is 0 Å². The van der Waals surface area contributed by atoms with E-state index in [0.29, 0.717) is 5.92 Å². The van der Waals surface area contributed by atoms with Crippen LogP contribution in [0.15, 0.2) is 0 Å². The molecule has 2 heterocycles. The molecule has 0 spiro atoms. The van der Waals surface area contributed by atoms with Gasteiger partial charge in [0.25, 0.3) is 0 Å². The van der Waals surface area contributed by atoms with Crippen LogP contribution >= 0.6 is 0 Å². The summed E-state index contributed by atoms with van der Waals surface area (Å²) < 4.78 is 0. The Labute approximate surface area is 130 Å². The summed E-state index contributed by atoms with van der Waals surface area (Å²) in [6.45, 7) is 8.49. The molecular weight excluding hydrogens is 260 g/mol. The molecule has 0 radical (unpaired) electrons. The zero-order valence-electron chi connectivity index (χ0n) is 13.8. The average molecular weight is 294 g/mol. The molecule has 1 saturated carbocycles. The predicted molar refractivity (Wildman–Crippen MR) is 87.4 cm³/mol. The van der Waals surface area contributed by atoms with Crippen LogP contribution in [0.5, 0.6) is 0 Å². The highest BCUT2D eigenvalue weighted by Gasteiger charge is 2.33. The third kappa shape index (κ3) is 4.00. The van der Waals surface area contributed by atoms with Crippen LogP contribution in [-0.2, 0) is 0 Å². The maximum Gasteiger partial charge on any atom is 0.0580 e. The zero-order valence-corrected chi connectivity index (χ0v) is 13.8. The van der Waals surface area contributed by atoms with E-state index in [1.165, 1.54) is 71.1 Å². The van der Waals surface area contributed by atoms with Crippen molar-refractivity contribution in [1.82, 2.24) is 9.80 Å². The molecule has 4 atom stereocenters. The quantitative estimate of drug-likeness (QED) is 0.863. The fraction of sp³-hybridized carbons (Fsp3) is 1.00. The predicted octanol–water partition coefficient (Wildman–Crippen LogP) is 2.73. The van der Waals surface area contributed by atoms with Gasteiger partial charge < -0.3 is 10.0 Å². The topological polar surface area (TPSA) is 26.7 Å². The Morgan fingerprint density at radius 1 is 1.05 bits per heavy atom. The van der Waals surface area contributed by atoms with Gasteiger partial charge in [0.2, 0.25) is 0 Å². The molecule has 3 rings (SSSR count). The highest BCUT2D eigenvalue weighted by atomic mass is 16.3. The van der Waals surface area contributed by atoms with E-state index in [0.717, 1.165) is 24.9 Å². The van der Waals surface area contributed by atoms with Crippen LogP contribution in [0.3, 0.4) is 0 Å². The lowest BCUT2D eigenvalue weighted by Crippen LogP contribution is -2.56. The largest absolute Gasteiger partial charge is 0.393 e. The highest BCUT2D eigenvalue weighted by Crippen LogP contribution is 2.33. The summed E-state index contributed by atoms with van der Waals surface area (Å²) in [5, 5.41) is 10.4. The number of aliphatic hydroxyl groups excluding tert-OH is 1. The van der Waals surface area contributed by atoms with Crippen LogP contribution < -0.4 is 0 Å². The Kier molecular flexibility index (Phi) is 5.58. The first kappa shape index (κ1) is 15.8. The first-order valence-electron chi connectivity index (χ1n) is 9.40. The van der Waals surface area contributed by atoms with E-state index in [-0.39, 0.29) is 6.10 Å². The van der Waals surface area contributed by atoms with Gasteiger partial charge in [-0.25, -0.2) is 0 Å².